The first kappa shape index (κ1) is 12.9. The minimum Gasteiger partial charge on any atom is -0.366 e. The van der Waals surface area contributed by atoms with Crippen LogP contribution in [0.15, 0.2) is 47.3 Å². The van der Waals surface area contributed by atoms with Crippen molar-refractivity contribution in [2.24, 2.45) is 5.73 Å². The maximum Gasteiger partial charge on any atom is 0.273 e. The van der Waals surface area contributed by atoms with Gasteiger partial charge in [0.25, 0.3) is 5.56 Å². The third kappa shape index (κ3) is 2.46. The number of fused-ring (bicyclic) bond motifs is 1. The summed E-state index contributed by atoms with van der Waals surface area (Å²) < 4.78 is 0. The maximum absolute atomic E-state index is 11.9. The second-order valence-corrected chi connectivity index (χ2v) is 4.49. The smallest absolute Gasteiger partial charge is 0.273 e. The Kier molecular flexibility index (Phi) is 3.12. The molecule has 0 spiro atoms. The van der Waals surface area contributed by atoms with Gasteiger partial charge in [-0.2, -0.15) is 0 Å². The van der Waals surface area contributed by atoms with E-state index < -0.39 is 5.91 Å². The van der Waals surface area contributed by atoms with Crippen molar-refractivity contribution < 1.29 is 4.79 Å². The molecule has 0 aliphatic heterocycles. The molecule has 6 nitrogen and oxygen atoms in total. The molecule has 0 saturated carbocycles. The predicted molar refractivity (Wildman–Crippen MR) is 80.4 cm³/mol. The number of rotatable bonds is 3. The Balaban J connectivity index is 2.16. The number of nitrogens with two attached hydrogens (primary N) is 1. The number of amides is 1. The number of carbonyl (C=O) groups excluding carboxylic acids is 1. The number of benzene rings is 1. The van der Waals surface area contributed by atoms with Crippen molar-refractivity contribution in [3.63, 3.8) is 0 Å². The molecule has 1 aromatic carbocycles. The average molecular weight is 280 g/mol. The zero-order valence-corrected chi connectivity index (χ0v) is 11.0. The summed E-state index contributed by atoms with van der Waals surface area (Å²) in [5, 5.41) is 6.18. The molecular formula is C15H12N4O2. The fourth-order valence-electron chi connectivity index (χ4n) is 2.12. The molecule has 3 rings (SSSR count). The number of aromatic nitrogens is 3. The second-order valence-electron chi connectivity index (χ2n) is 4.49. The number of nitrogens with zero attached hydrogens (tertiary/aromatic N) is 1. The Labute approximate surface area is 119 Å². The maximum atomic E-state index is 11.9. The molecule has 21 heavy (non-hydrogen) atoms. The van der Waals surface area contributed by atoms with Crippen molar-refractivity contribution in [3.05, 3.63) is 58.5 Å². The Bertz CT molecular complexity index is 905. The molecule has 0 atom stereocenters. The summed E-state index contributed by atoms with van der Waals surface area (Å²) in [7, 11) is 0. The van der Waals surface area contributed by atoms with Crippen LogP contribution < -0.4 is 11.3 Å². The van der Waals surface area contributed by atoms with Crippen LogP contribution >= 0.6 is 0 Å². The number of nitrogens with one attached hydrogen (secondary N) is 2. The van der Waals surface area contributed by atoms with Crippen molar-refractivity contribution in [2.75, 3.05) is 0 Å². The predicted octanol–water partition coefficient (Wildman–Crippen LogP) is 1.42. The van der Waals surface area contributed by atoms with Crippen molar-refractivity contribution in [2.45, 2.75) is 0 Å². The Morgan fingerprint density at radius 1 is 1.14 bits per heavy atom. The molecule has 6 heteroatoms. The monoisotopic (exact) mass is 280 g/mol. The number of pyridine rings is 1. The van der Waals surface area contributed by atoms with E-state index in [4.69, 9.17) is 5.73 Å². The number of hydrogen-bond donors (Lipinski definition) is 3. The zero-order chi connectivity index (χ0) is 14.8. The summed E-state index contributed by atoms with van der Waals surface area (Å²) >= 11 is 0. The van der Waals surface area contributed by atoms with Gasteiger partial charge in [0.05, 0.1) is 22.5 Å². The fourth-order valence-corrected chi connectivity index (χ4v) is 2.12. The molecule has 3 aromatic rings. The molecule has 2 aromatic heterocycles. The van der Waals surface area contributed by atoms with E-state index in [1.807, 2.05) is 30.3 Å². The first-order chi connectivity index (χ1) is 10.1. The van der Waals surface area contributed by atoms with Crippen molar-refractivity contribution in [3.8, 4) is 11.3 Å². The molecule has 0 aliphatic rings. The van der Waals surface area contributed by atoms with Gasteiger partial charge in [-0.05, 0) is 18.2 Å². The first-order valence-electron chi connectivity index (χ1n) is 6.29. The quantitative estimate of drug-likeness (QED) is 0.632. The SMILES string of the molecule is NC(=O)/C=C/c1[nH][nH]c(=O)c1-c1ccc2ccccc2n1. The van der Waals surface area contributed by atoms with E-state index in [9.17, 15) is 9.59 Å². The van der Waals surface area contributed by atoms with E-state index in [1.54, 1.807) is 6.07 Å². The average Bonchev–Trinajstić information content (AvgIpc) is 2.85. The highest BCUT2D eigenvalue weighted by atomic mass is 16.1. The number of para-hydroxylation sites is 1. The molecule has 104 valence electrons. The largest absolute Gasteiger partial charge is 0.366 e. The molecule has 0 bridgehead atoms. The van der Waals surface area contributed by atoms with Crippen LogP contribution in [0.5, 0.6) is 0 Å². The number of aromatic amines is 2. The highest BCUT2D eigenvalue weighted by Crippen LogP contribution is 2.21. The van der Waals surface area contributed by atoms with E-state index in [-0.39, 0.29) is 5.56 Å². The van der Waals surface area contributed by atoms with Gasteiger partial charge >= 0.3 is 0 Å². The lowest BCUT2D eigenvalue weighted by Gasteiger charge is -2.01. The molecule has 1 amide bonds. The lowest BCUT2D eigenvalue weighted by Crippen LogP contribution is -2.05. The summed E-state index contributed by atoms with van der Waals surface area (Å²) in [6.07, 6.45) is 2.64. The van der Waals surface area contributed by atoms with Gasteiger partial charge in [-0.25, -0.2) is 4.98 Å². The second kappa shape index (κ2) is 5.09. The molecule has 0 unspecified atom stereocenters. The normalized spacial score (nSPS) is 11.2. The van der Waals surface area contributed by atoms with E-state index >= 15 is 0 Å². The van der Waals surface area contributed by atoms with Crippen LogP contribution in [0.1, 0.15) is 5.69 Å². The Morgan fingerprint density at radius 2 is 1.95 bits per heavy atom. The Morgan fingerprint density at radius 3 is 2.76 bits per heavy atom. The third-order valence-corrected chi connectivity index (χ3v) is 3.08. The van der Waals surface area contributed by atoms with Gasteiger partial charge in [0.15, 0.2) is 0 Å². The zero-order valence-electron chi connectivity index (χ0n) is 11.0. The van der Waals surface area contributed by atoms with Crippen LogP contribution in [0.3, 0.4) is 0 Å². The topological polar surface area (TPSA) is 105 Å². The van der Waals surface area contributed by atoms with Crippen molar-refractivity contribution in [1.82, 2.24) is 15.2 Å². The number of hydrogen-bond acceptors (Lipinski definition) is 3. The summed E-state index contributed by atoms with van der Waals surface area (Å²) in [6, 6.07) is 11.3. The van der Waals surface area contributed by atoms with Crippen molar-refractivity contribution >= 4 is 22.9 Å². The third-order valence-electron chi connectivity index (χ3n) is 3.08. The van der Waals surface area contributed by atoms with Crippen LogP contribution in [0.2, 0.25) is 0 Å². The van der Waals surface area contributed by atoms with Gasteiger partial charge in [-0.1, -0.05) is 24.3 Å². The van der Waals surface area contributed by atoms with Gasteiger partial charge in [-0.3, -0.25) is 19.8 Å². The minimum absolute atomic E-state index is 0.304. The van der Waals surface area contributed by atoms with E-state index in [0.717, 1.165) is 10.9 Å². The standard InChI is InChI=1S/C15H12N4O2/c16-13(20)8-7-12-14(15(21)19-18-12)11-6-5-9-3-1-2-4-10(9)17-11/h1-8H,(H2,16,20)(H2,18,19,21)/b8-7+. The number of carbonyl (C=O) groups is 1. The lowest BCUT2D eigenvalue weighted by atomic mass is 10.1. The lowest BCUT2D eigenvalue weighted by molar-refractivity contribution is -0.113. The molecule has 4 N–H and O–H groups in total. The van der Waals surface area contributed by atoms with E-state index in [0.29, 0.717) is 17.0 Å². The van der Waals surface area contributed by atoms with Gasteiger partial charge in [0.1, 0.15) is 0 Å². The van der Waals surface area contributed by atoms with Crippen LogP contribution in [0.25, 0.3) is 28.2 Å². The highest BCUT2D eigenvalue weighted by Gasteiger charge is 2.12. The van der Waals surface area contributed by atoms with Crippen LogP contribution in [-0.2, 0) is 4.79 Å². The first-order valence-corrected chi connectivity index (χ1v) is 6.29. The molecule has 0 fully saturated rings. The Hall–Kier alpha value is -3.15. The molecule has 2 heterocycles. The van der Waals surface area contributed by atoms with Gasteiger partial charge in [-0.15, -0.1) is 0 Å². The fraction of sp³-hybridized carbons (Fsp3) is 0. The van der Waals surface area contributed by atoms with Crippen LogP contribution in [0, 0.1) is 0 Å². The molecule has 0 aliphatic carbocycles. The molecular weight excluding hydrogens is 268 g/mol. The van der Waals surface area contributed by atoms with Gasteiger partial charge in [0.2, 0.25) is 5.91 Å². The van der Waals surface area contributed by atoms with Crippen molar-refractivity contribution in [1.29, 1.82) is 0 Å². The van der Waals surface area contributed by atoms with Crippen LogP contribution in [-0.4, -0.2) is 21.1 Å². The van der Waals surface area contributed by atoms with Gasteiger partial charge in [0, 0.05) is 11.5 Å². The van der Waals surface area contributed by atoms with E-state index in [1.165, 1.54) is 12.2 Å². The number of primary amides is 1. The van der Waals surface area contributed by atoms with Crippen LogP contribution in [0.4, 0.5) is 0 Å². The summed E-state index contributed by atoms with van der Waals surface area (Å²) in [6.45, 7) is 0. The molecule has 0 radical (unpaired) electrons. The highest BCUT2D eigenvalue weighted by molar-refractivity contribution is 5.91. The summed E-state index contributed by atoms with van der Waals surface area (Å²) in [4.78, 5) is 27.2. The van der Waals surface area contributed by atoms with E-state index in [2.05, 4.69) is 15.2 Å². The summed E-state index contributed by atoms with van der Waals surface area (Å²) in [5.74, 6) is -0.588. The summed E-state index contributed by atoms with van der Waals surface area (Å²) in [5.41, 5.74) is 6.92. The van der Waals surface area contributed by atoms with Gasteiger partial charge < -0.3 is 5.73 Å². The number of H-pyrrole nitrogens is 2. The molecule has 0 saturated heterocycles. The minimum atomic E-state index is -0.588.